The van der Waals surface area contributed by atoms with Crippen molar-refractivity contribution < 1.29 is 19.1 Å². The van der Waals surface area contributed by atoms with Crippen molar-refractivity contribution in [3.63, 3.8) is 0 Å². The van der Waals surface area contributed by atoms with E-state index in [-0.39, 0.29) is 5.91 Å². The number of aliphatic hydroxyl groups is 1. The molecule has 0 saturated heterocycles. The number of primary amides is 1. The highest BCUT2D eigenvalue weighted by Gasteiger charge is 2.41. The zero-order chi connectivity index (χ0) is 16.7. The number of aliphatic hydroxyl groups excluding tert-OH is 1. The third-order valence-electron chi connectivity index (χ3n) is 4.65. The summed E-state index contributed by atoms with van der Waals surface area (Å²) in [6.07, 6.45) is 0.143. The molecular formula is C17H20N2O4. The van der Waals surface area contributed by atoms with E-state index in [2.05, 4.69) is 0 Å². The first-order valence-corrected chi connectivity index (χ1v) is 7.63. The van der Waals surface area contributed by atoms with Crippen molar-refractivity contribution in [1.82, 2.24) is 4.90 Å². The number of carbonyl (C=O) groups is 2. The molecule has 6 nitrogen and oxygen atoms in total. The molecule has 3 atom stereocenters. The van der Waals surface area contributed by atoms with Gasteiger partial charge in [0.25, 0.3) is 5.91 Å². The molecular weight excluding hydrogens is 296 g/mol. The molecule has 0 radical (unpaired) electrons. The Kier molecular flexibility index (Phi) is 3.85. The molecule has 2 aromatic rings. The van der Waals surface area contributed by atoms with E-state index in [1.807, 2.05) is 13.0 Å². The monoisotopic (exact) mass is 316 g/mol. The van der Waals surface area contributed by atoms with Crippen LogP contribution in [-0.2, 0) is 4.79 Å². The fourth-order valence-corrected chi connectivity index (χ4v) is 3.36. The number of aryl methyl sites for hydroxylation is 1. The summed E-state index contributed by atoms with van der Waals surface area (Å²) in [6.45, 7) is 1.85. The summed E-state index contributed by atoms with van der Waals surface area (Å²) < 4.78 is 5.50. The molecule has 2 amide bonds. The van der Waals surface area contributed by atoms with Gasteiger partial charge in [0.2, 0.25) is 5.91 Å². The van der Waals surface area contributed by atoms with Gasteiger partial charge in [-0.2, -0.15) is 0 Å². The van der Waals surface area contributed by atoms with Crippen LogP contribution >= 0.6 is 0 Å². The van der Waals surface area contributed by atoms with E-state index in [1.165, 1.54) is 4.90 Å². The lowest BCUT2D eigenvalue weighted by Gasteiger charge is -2.28. The predicted octanol–water partition coefficient (Wildman–Crippen LogP) is 1.44. The van der Waals surface area contributed by atoms with Crippen molar-refractivity contribution in [2.75, 3.05) is 7.05 Å². The van der Waals surface area contributed by atoms with E-state index in [0.29, 0.717) is 18.4 Å². The zero-order valence-electron chi connectivity index (χ0n) is 13.2. The predicted molar refractivity (Wildman–Crippen MR) is 84.8 cm³/mol. The summed E-state index contributed by atoms with van der Waals surface area (Å²) in [6, 6.07) is 6.72. The van der Waals surface area contributed by atoms with Gasteiger partial charge in [0.1, 0.15) is 11.3 Å². The Morgan fingerprint density at radius 1 is 1.30 bits per heavy atom. The van der Waals surface area contributed by atoms with Crippen LogP contribution in [0.2, 0.25) is 0 Å². The third kappa shape index (κ3) is 2.70. The molecule has 1 heterocycles. The molecule has 0 aliphatic heterocycles. The average Bonchev–Trinajstić information content (AvgIpc) is 3.06. The number of nitrogens with two attached hydrogens (primary N) is 1. The Balaban J connectivity index is 1.82. The van der Waals surface area contributed by atoms with E-state index in [1.54, 1.807) is 25.2 Å². The summed E-state index contributed by atoms with van der Waals surface area (Å²) in [5.41, 5.74) is 6.55. The van der Waals surface area contributed by atoms with Crippen LogP contribution in [0.15, 0.2) is 28.7 Å². The minimum Gasteiger partial charge on any atom is -0.461 e. The zero-order valence-corrected chi connectivity index (χ0v) is 13.2. The number of nitrogens with zero attached hydrogens (tertiary/aromatic N) is 1. The van der Waals surface area contributed by atoms with Crippen LogP contribution in [-0.4, -0.2) is 41.0 Å². The van der Waals surface area contributed by atoms with Gasteiger partial charge < -0.3 is 20.2 Å². The van der Waals surface area contributed by atoms with Crippen molar-refractivity contribution in [2.45, 2.75) is 31.9 Å². The molecule has 3 N–H and O–H groups in total. The number of likely N-dealkylation sites (N-methyl/N-ethyl adjacent to an activating group) is 1. The molecule has 1 aromatic carbocycles. The number of rotatable bonds is 3. The Morgan fingerprint density at radius 3 is 2.70 bits per heavy atom. The molecule has 0 bridgehead atoms. The van der Waals surface area contributed by atoms with Gasteiger partial charge in [-0.15, -0.1) is 0 Å². The standard InChI is InChI=1S/C17H20N2O4/c1-9-7-11-8-10(3-6-14(11)23-9)17(22)19(2)13-5-4-12(15(13)20)16(18)21/h3,6-8,12-13,15,20H,4-5H2,1-2H3,(H2,18,21)/t12-,13-,15+/m1/s1. The van der Waals surface area contributed by atoms with Gasteiger partial charge in [-0.1, -0.05) is 0 Å². The second-order valence-corrected chi connectivity index (χ2v) is 6.17. The second kappa shape index (κ2) is 5.70. The van der Waals surface area contributed by atoms with Crippen molar-refractivity contribution in [3.8, 4) is 0 Å². The third-order valence-corrected chi connectivity index (χ3v) is 4.65. The Morgan fingerprint density at radius 2 is 2.04 bits per heavy atom. The van der Waals surface area contributed by atoms with Crippen molar-refractivity contribution >= 4 is 22.8 Å². The molecule has 0 spiro atoms. The number of carbonyl (C=O) groups excluding carboxylic acids is 2. The molecule has 3 rings (SSSR count). The van der Waals surface area contributed by atoms with Crippen LogP contribution < -0.4 is 5.73 Å². The maximum Gasteiger partial charge on any atom is 0.253 e. The maximum absolute atomic E-state index is 12.7. The molecule has 122 valence electrons. The van der Waals surface area contributed by atoms with Gasteiger partial charge in [0.15, 0.2) is 0 Å². The van der Waals surface area contributed by atoms with Crippen molar-refractivity contribution in [1.29, 1.82) is 0 Å². The Bertz CT molecular complexity index is 767. The first kappa shape index (κ1) is 15.6. The molecule has 1 aromatic heterocycles. The summed E-state index contributed by atoms with van der Waals surface area (Å²) in [5.74, 6) is -0.515. The van der Waals surface area contributed by atoms with Crippen molar-refractivity contribution in [3.05, 3.63) is 35.6 Å². The number of benzene rings is 1. The molecule has 1 fully saturated rings. The smallest absolute Gasteiger partial charge is 0.253 e. The number of amides is 2. The normalized spacial score (nSPS) is 24.0. The lowest BCUT2D eigenvalue weighted by molar-refractivity contribution is -0.124. The number of fused-ring (bicyclic) bond motifs is 1. The summed E-state index contributed by atoms with van der Waals surface area (Å²) in [5, 5.41) is 11.1. The topological polar surface area (TPSA) is 96.8 Å². The first-order chi connectivity index (χ1) is 10.9. The lowest BCUT2D eigenvalue weighted by Crippen LogP contribution is -2.45. The molecule has 1 aliphatic rings. The molecule has 23 heavy (non-hydrogen) atoms. The SMILES string of the molecule is Cc1cc2cc(C(=O)N(C)[C@@H]3CC[C@@H](C(N)=O)[C@@H]3O)ccc2o1. The van der Waals surface area contributed by atoms with Gasteiger partial charge in [-0.05, 0) is 44.0 Å². The Labute approximate surface area is 133 Å². The highest BCUT2D eigenvalue weighted by molar-refractivity contribution is 5.98. The largest absolute Gasteiger partial charge is 0.461 e. The van der Waals surface area contributed by atoms with E-state index in [4.69, 9.17) is 10.2 Å². The Hall–Kier alpha value is -2.34. The quantitative estimate of drug-likeness (QED) is 0.895. The number of hydrogen-bond donors (Lipinski definition) is 2. The van der Waals surface area contributed by atoms with Gasteiger partial charge >= 0.3 is 0 Å². The van der Waals surface area contributed by atoms with E-state index < -0.39 is 24.0 Å². The van der Waals surface area contributed by atoms with Crippen molar-refractivity contribution in [2.24, 2.45) is 11.7 Å². The maximum atomic E-state index is 12.7. The highest BCUT2D eigenvalue weighted by atomic mass is 16.3. The van der Waals surface area contributed by atoms with E-state index in [0.717, 1.165) is 16.7 Å². The fourth-order valence-electron chi connectivity index (χ4n) is 3.36. The number of hydrogen-bond acceptors (Lipinski definition) is 4. The molecule has 1 saturated carbocycles. The van der Waals surface area contributed by atoms with Gasteiger partial charge in [0, 0.05) is 18.0 Å². The summed E-state index contributed by atoms with van der Waals surface area (Å²) in [4.78, 5) is 25.5. The van der Waals surface area contributed by atoms with Gasteiger partial charge in [-0.25, -0.2) is 0 Å². The summed E-state index contributed by atoms with van der Waals surface area (Å²) in [7, 11) is 1.64. The first-order valence-electron chi connectivity index (χ1n) is 7.63. The second-order valence-electron chi connectivity index (χ2n) is 6.17. The van der Waals surface area contributed by atoms with Gasteiger partial charge in [-0.3, -0.25) is 9.59 Å². The molecule has 1 aliphatic carbocycles. The van der Waals surface area contributed by atoms with Crippen LogP contribution in [0.4, 0.5) is 0 Å². The van der Waals surface area contributed by atoms with Crippen LogP contribution in [0.3, 0.4) is 0 Å². The van der Waals surface area contributed by atoms with E-state index >= 15 is 0 Å². The highest BCUT2D eigenvalue weighted by Crippen LogP contribution is 2.30. The van der Waals surface area contributed by atoms with Gasteiger partial charge in [0.05, 0.1) is 18.1 Å². The van der Waals surface area contributed by atoms with Crippen LogP contribution in [0.5, 0.6) is 0 Å². The van der Waals surface area contributed by atoms with Crippen LogP contribution in [0, 0.1) is 12.8 Å². The average molecular weight is 316 g/mol. The molecule has 0 unspecified atom stereocenters. The molecule has 6 heteroatoms. The fraction of sp³-hybridized carbons (Fsp3) is 0.412. The lowest BCUT2D eigenvalue weighted by atomic mass is 10.0. The minimum absolute atomic E-state index is 0.195. The summed E-state index contributed by atoms with van der Waals surface area (Å²) >= 11 is 0. The van der Waals surface area contributed by atoms with Crippen LogP contribution in [0.1, 0.15) is 29.0 Å². The van der Waals surface area contributed by atoms with Crippen LogP contribution in [0.25, 0.3) is 11.0 Å². The van der Waals surface area contributed by atoms with E-state index in [9.17, 15) is 14.7 Å². The minimum atomic E-state index is -0.915. The number of furan rings is 1.